The van der Waals surface area contributed by atoms with Gasteiger partial charge in [-0.1, -0.05) is 12.1 Å². The van der Waals surface area contributed by atoms with Crippen LogP contribution in [0.3, 0.4) is 0 Å². The summed E-state index contributed by atoms with van der Waals surface area (Å²) in [5.74, 6) is -2.01. The summed E-state index contributed by atoms with van der Waals surface area (Å²) < 4.78 is 0.481. The highest BCUT2D eigenvalue weighted by atomic mass is 16.4. The van der Waals surface area contributed by atoms with Crippen molar-refractivity contribution in [2.75, 3.05) is 33.4 Å². The quantitative estimate of drug-likeness (QED) is 0.397. The lowest BCUT2D eigenvalue weighted by atomic mass is 10.1. The zero-order valence-electron chi connectivity index (χ0n) is 14.8. The number of carboxylic acid groups (broad SMARTS) is 2. The first-order chi connectivity index (χ1) is 12.1. The molecule has 0 aliphatic heterocycles. The SMILES string of the molecule is C[N+](C)(C)CC(=O)O.Nc1ccc2nc3c(C(=O)[O-])cccc3nc2c1. The van der Waals surface area contributed by atoms with Crippen molar-refractivity contribution in [2.45, 2.75) is 0 Å². The maximum atomic E-state index is 11.0. The number of nitrogens with two attached hydrogens (primary N) is 1. The molecule has 0 atom stereocenters. The van der Waals surface area contributed by atoms with Gasteiger partial charge in [-0.05, 0) is 24.3 Å². The number of nitrogens with zero attached hydrogens (tertiary/aromatic N) is 3. The second kappa shape index (κ2) is 7.32. The van der Waals surface area contributed by atoms with Gasteiger partial charge in [0.05, 0.1) is 49.2 Å². The number of para-hydroxylation sites is 1. The van der Waals surface area contributed by atoms with Crippen LogP contribution in [0.1, 0.15) is 10.4 Å². The smallest absolute Gasteiger partial charge is 0.359 e. The van der Waals surface area contributed by atoms with E-state index in [0.29, 0.717) is 32.2 Å². The lowest BCUT2D eigenvalue weighted by molar-refractivity contribution is -0.862. The molecule has 0 amide bonds. The van der Waals surface area contributed by atoms with Gasteiger partial charge in [0.1, 0.15) is 0 Å². The maximum absolute atomic E-state index is 11.0. The largest absolute Gasteiger partial charge is 0.545 e. The molecule has 2 aromatic carbocycles. The summed E-state index contributed by atoms with van der Waals surface area (Å²) in [5.41, 5.74) is 8.38. The molecule has 0 saturated carbocycles. The van der Waals surface area contributed by atoms with Crippen LogP contribution in [0, 0.1) is 0 Å². The summed E-state index contributed by atoms with van der Waals surface area (Å²) in [6.07, 6.45) is 0. The van der Waals surface area contributed by atoms with E-state index < -0.39 is 11.9 Å². The number of carbonyl (C=O) groups excluding carboxylic acids is 1. The highest BCUT2D eigenvalue weighted by Crippen LogP contribution is 2.20. The number of nitrogen functional groups attached to an aromatic ring is 1. The number of anilines is 1. The first-order valence-electron chi connectivity index (χ1n) is 7.76. The predicted molar refractivity (Wildman–Crippen MR) is 96.3 cm³/mol. The van der Waals surface area contributed by atoms with Crippen molar-refractivity contribution in [3.63, 3.8) is 0 Å². The van der Waals surface area contributed by atoms with Gasteiger partial charge in [-0.2, -0.15) is 0 Å². The van der Waals surface area contributed by atoms with E-state index in [4.69, 9.17) is 10.8 Å². The number of aromatic nitrogens is 2. The van der Waals surface area contributed by atoms with Gasteiger partial charge >= 0.3 is 5.97 Å². The molecule has 0 fully saturated rings. The van der Waals surface area contributed by atoms with Crippen LogP contribution in [0.25, 0.3) is 22.1 Å². The Morgan fingerprint density at radius 3 is 2.31 bits per heavy atom. The predicted octanol–water partition coefficient (Wildman–Crippen LogP) is 0.506. The van der Waals surface area contributed by atoms with Gasteiger partial charge in [-0.25, -0.2) is 14.8 Å². The lowest BCUT2D eigenvalue weighted by Crippen LogP contribution is -2.39. The normalized spacial score (nSPS) is 11.0. The fourth-order valence-corrected chi connectivity index (χ4v) is 2.28. The molecule has 8 heteroatoms. The van der Waals surface area contributed by atoms with Crippen LogP contribution in [-0.2, 0) is 4.79 Å². The van der Waals surface area contributed by atoms with E-state index in [0.717, 1.165) is 0 Å². The highest BCUT2D eigenvalue weighted by Gasteiger charge is 2.11. The minimum absolute atomic E-state index is 0.0405. The number of quaternary nitrogens is 1. The maximum Gasteiger partial charge on any atom is 0.359 e. The van der Waals surface area contributed by atoms with Crippen LogP contribution >= 0.6 is 0 Å². The number of aromatic carboxylic acids is 1. The molecule has 26 heavy (non-hydrogen) atoms. The first-order valence-corrected chi connectivity index (χ1v) is 7.76. The Morgan fingerprint density at radius 2 is 1.77 bits per heavy atom. The van der Waals surface area contributed by atoms with Crippen molar-refractivity contribution < 1.29 is 24.3 Å². The zero-order valence-corrected chi connectivity index (χ0v) is 14.8. The summed E-state index contributed by atoms with van der Waals surface area (Å²) >= 11 is 0. The Balaban J connectivity index is 0.000000260. The number of hydrogen-bond acceptors (Lipinski definition) is 6. The van der Waals surface area contributed by atoms with Gasteiger partial charge in [0.15, 0.2) is 6.54 Å². The molecule has 0 aliphatic rings. The summed E-state index contributed by atoms with van der Waals surface area (Å²) in [4.78, 5) is 29.7. The second-order valence-electron chi connectivity index (χ2n) is 6.77. The van der Waals surface area contributed by atoms with Crippen LogP contribution in [-0.4, -0.2) is 59.2 Å². The van der Waals surface area contributed by atoms with Crippen molar-refractivity contribution in [1.82, 2.24) is 9.97 Å². The van der Waals surface area contributed by atoms with E-state index in [1.807, 2.05) is 21.1 Å². The molecular weight excluding hydrogens is 336 g/mol. The van der Waals surface area contributed by atoms with Gasteiger partial charge < -0.3 is 25.2 Å². The molecule has 136 valence electrons. The summed E-state index contributed by atoms with van der Waals surface area (Å²) in [6.45, 7) is 0.181. The van der Waals surface area contributed by atoms with Crippen molar-refractivity contribution >= 4 is 39.7 Å². The molecule has 0 saturated heterocycles. The number of benzene rings is 2. The molecule has 0 spiro atoms. The standard InChI is InChI=1S/C13H9N3O2.C5H11NO2/c14-7-4-5-9-11(6-7)15-10-3-1-2-8(13(17)18)12(10)16-9;1-6(2,3)4-5(7)8/h1-6H,14H2,(H,17,18);4H2,1-3H3. The fraction of sp³-hybridized carbons (Fsp3) is 0.222. The molecule has 3 aromatic rings. The average Bonchev–Trinajstić information content (AvgIpc) is 2.50. The molecule has 1 aromatic heterocycles. The molecule has 1 heterocycles. The van der Waals surface area contributed by atoms with Crippen LogP contribution in [0.5, 0.6) is 0 Å². The van der Waals surface area contributed by atoms with E-state index >= 15 is 0 Å². The molecular formula is C18H20N4O4. The minimum Gasteiger partial charge on any atom is -0.545 e. The Hall–Kier alpha value is -3.26. The van der Waals surface area contributed by atoms with E-state index in [1.165, 1.54) is 6.07 Å². The molecule has 3 N–H and O–H groups in total. The number of fused-ring (bicyclic) bond motifs is 2. The summed E-state index contributed by atoms with van der Waals surface area (Å²) in [5, 5.41) is 19.2. The fourth-order valence-electron chi connectivity index (χ4n) is 2.28. The van der Waals surface area contributed by atoms with Gasteiger partial charge in [-0.15, -0.1) is 0 Å². The zero-order chi connectivity index (χ0) is 19.5. The highest BCUT2D eigenvalue weighted by molar-refractivity contribution is 6.01. The van der Waals surface area contributed by atoms with E-state index in [-0.39, 0.29) is 12.1 Å². The molecule has 0 bridgehead atoms. The Kier molecular flexibility index (Phi) is 5.37. The van der Waals surface area contributed by atoms with Gasteiger partial charge in [0, 0.05) is 11.3 Å². The van der Waals surface area contributed by atoms with Gasteiger partial charge in [0.2, 0.25) is 0 Å². The van der Waals surface area contributed by atoms with Crippen molar-refractivity contribution in [1.29, 1.82) is 0 Å². The topological polar surface area (TPSA) is 129 Å². The van der Waals surface area contributed by atoms with Gasteiger partial charge in [-0.3, -0.25) is 0 Å². The molecule has 0 aliphatic carbocycles. The third-order valence-electron chi connectivity index (χ3n) is 3.32. The number of likely N-dealkylation sites (N-methyl/N-ethyl adjacent to an activating group) is 1. The third kappa shape index (κ3) is 4.87. The van der Waals surface area contributed by atoms with Crippen molar-refractivity contribution in [3.05, 3.63) is 42.0 Å². The number of carboxylic acids is 2. The Labute approximate surface area is 150 Å². The molecule has 0 unspecified atom stereocenters. The van der Waals surface area contributed by atoms with Crippen molar-refractivity contribution in [2.24, 2.45) is 0 Å². The molecule has 3 rings (SSSR count). The number of rotatable bonds is 3. The van der Waals surface area contributed by atoms with Gasteiger partial charge in [0.25, 0.3) is 0 Å². The monoisotopic (exact) mass is 356 g/mol. The average molecular weight is 356 g/mol. The lowest BCUT2D eigenvalue weighted by Gasteiger charge is -2.20. The van der Waals surface area contributed by atoms with E-state index in [2.05, 4.69) is 9.97 Å². The second-order valence-corrected chi connectivity index (χ2v) is 6.77. The van der Waals surface area contributed by atoms with Crippen LogP contribution in [0.15, 0.2) is 36.4 Å². The van der Waals surface area contributed by atoms with Crippen molar-refractivity contribution in [3.8, 4) is 0 Å². The first kappa shape index (κ1) is 19.1. The summed E-state index contributed by atoms with van der Waals surface area (Å²) in [7, 11) is 5.52. The Bertz CT molecular complexity index is 980. The van der Waals surface area contributed by atoms with Crippen LogP contribution in [0.2, 0.25) is 0 Å². The number of hydrogen-bond donors (Lipinski definition) is 2. The molecule has 8 nitrogen and oxygen atoms in total. The van der Waals surface area contributed by atoms with Crippen LogP contribution < -0.4 is 10.8 Å². The molecule has 0 radical (unpaired) electrons. The minimum atomic E-state index is -1.26. The third-order valence-corrected chi connectivity index (χ3v) is 3.32. The summed E-state index contributed by atoms with van der Waals surface area (Å²) in [6, 6.07) is 9.88. The Morgan fingerprint density at radius 1 is 1.08 bits per heavy atom. The van der Waals surface area contributed by atoms with E-state index in [1.54, 1.807) is 30.3 Å². The number of aliphatic carboxylic acids is 1. The van der Waals surface area contributed by atoms with E-state index in [9.17, 15) is 14.7 Å². The van der Waals surface area contributed by atoms with Crippen LogP contribution in [0.4, 0.5) is 5.69 Å². The number of carbonyl (C=O) groups is 2.